The Morgan fingerprint density at radius 3 is 2.65 bits per heavy atom. The van der Waals surface area contributed by atoms with Gasteiger partial charge in [0.05, 0.1) is 0 Å². The molecule has 20 heavy (non-hydrogen) atoms. The predicted octanol–water partition coefficient (Wildman–Crippen LogP) is 3.56. The fourth-order valence-corrected chi connectivity index (χ4v) is 3.14. The van der Waals surface area contributed by atoms with Gasteiger partial charge >= 0.3 is 0 Å². The van der Waals surface area contributed by atoms with E-state index in [1.165, 1.54) is 0 Å². The number of benzene rings is 1. The van der Waals surface area contributed by atoms with Gasteiger partial charge in [0.1, 0.15) is 0 Å². The summed E-state index contributed by atoms with van der Waals surface area (Å²) in [4.78, 5) is 4.45. The molecule has 3 rings (SSSR count). The highest BCUT2D eigenvalue weighted by Crippen LogP contribution is 2.33. The topological polar surface area (TPSA) is 64.9 Å². The van der Waals surface area contributed by atoms with Crippen molar-refractivity contribution in [3.05, 3.63) is 45.5 Å². The van der Waals surface area contributed by atoms with Crippen molar-refractivity contribution >= 4 is 23.2 Å². The van der Waals surface area contributed by atoms with Crippen LogP contribution in [0.15, 0.2) is 22.7 Å². The summed E-state index contributed by atoms with van der Waals surface area (Å²) >= 11 is 12.3. The summed E-state index contributed by atoms with van der Waals surface area (Å²) in [6.45, 7) is 0. The maximum Gasteiger partial charge on any atom is 0.229 e. The van der Waals surface area contributed by atoms with Crippen LogP contribution in [-0.4, -0.2) is 16.2 Å². The number of nitrogens with zero attached hydrogens (tertiary/aromatic N) is 2. The van der Waals surface area contributed by atoms with Crippen molar-refractivity contribution in [3.8, 4) is 0 Å². The van der Waals surface area contributed by atoms with Crippen molar-refractivity contribution < 1.29 is 4.52 Å². The third-order valence-electron chi connectivity index (χ3n) is 3.70. The lowest BCUT2D eigenvalue weighted by Gasteiger charge is -2.03. The fraction of sp³-hybridized carbons (Fsp3) is 0.429. The zero-order chi connectivity index (χ0) is 14.1. The second-order valence-corrected chi connectivity index (χ2v) is 6.01. The molecule has 0 bridgehead atoms. The molecule has 2 N–H and O–H groups in total. The molecule has 0 radical (unpaired) electrons. The van der Waals surface area contributed by atoms with Crippen LogP contribution < -0.4 is 5.73 Å². The molecule has 0 spiro atoms. The molecule has 1 fully saturated rings. The van der Waals surface area contributed by atoms with Gasteiger partial charge in [0, 0.05) is 28.4 Å². The highest BCUT2D eigenvalue weighted by molar-refractivity contribution is 6.36. The van der Waals surface area contributed by atoms with Gasteiger partial charge in [-0.2, -0.15) is 4.98 Å². The van der Waals surface area contributed by atoms with Crippen molar-refractivity contribution in [2.24, 2.45) is 5.73 Å². The molecule has 0 amide bonds. The Balaban J connectivity index is 1.77. The van der Waals surface area contributed by atoms with E-state index in [2.05, 4.69) is 10.1 Å². The highest BCUT2D eigenvalue weighted by Gasteiger charge is 2.27. The standard InChI is InChI=1S/C14H15Cl2N3O/c15-11-2-1-3-12(16)10(11)7-13-18-14(20-19-13)8-4-5-9(17)6-8/h1-3,8-9H,4-7,17H2/t8-,9+/m1/s1. The first-order valence-corrected chi connectivity index (χ1v) is 7.40. The van der Waals surface area contributed by atoms with Crippen LogP contribution in [0.2, 0.25) is 10.0 Å². The smallest absolute Gasteiger partial charge is 0.229 e. The van der Waals surface area contributed by atoms with Gasteiger partial charge in [-0.15, -0.1) is 0 Å². The minimum Gasteiger partial charge on any atom is -0.339 e. The molecule has 0 saturated heterocycles. The van der Waals surface area contributed by atoms with Gasteiger partial charge in [-0.05, 0) is 37.0 Å². The molecule has 0 aliphatic heterocycles. The molecule has 1 saturated carbocycles. The number of hydrogen-bond acceptors (Lipinski definition) is 4. The van der Waals surface area contributed by atoms with Crippen LogP contribution in [0, 0.1) is 0 Å². The second kappa shape index (κ2) is 5.72. The van der Waals surface area contributed by atoms with Gasteiger partial charge in [0.25, 0.3) is 0 Å². The Bertz CT molecular complexity index is 594. The number of rotatable bonds is 3. The van der Waals surface area contributed by atoms with E-state index in [4.69, 9.17) is 33.5 Å². The number of aromatic nitrogens is 2. The van der Waals surface area contributed by atoms with Crippen LogP contribution in [0.4, 0.5) is 0 Å². The Kier molecular flexibility index (Phi) is 3.96. The van der Waals surface area contributed by atoms with Gasteiger partial charge < -0.3 is 10.3 Å². The van der Waals surface area contributed by atoms with Crippen molar-refractivity contribution in [3.63, 3.8) is 0 Å². The Hall–Kier alpha value is -1.10. The van der Waals surface area contributed by atoms with Crippen LogP contribution in [0.25, 0.3) is 0 Å². The van der Waals surface area contributed by atoms with E-state index in [-0.39, 0.29) is 12.0 Å². The average molecular weight is 312 g/mol. The molecule has 0 unspecified atom stereocenters. The minimum absolute atomic E-state index is 0.244. The zero-order valence-corrected chi connectivity index (χ0v) is 12.4. The molecule has 6 heteroatoms. The summed E-state index contributed by atoms with van der Waals surface area (Å²) < 4.78 is 5.35. The van der Waals surface area contributed by atoms with Gasteiger partial charge in [-0.1, -0.05) is 34.4 Å². The molecule has 1 aromatic heterocycles. The lowest BCUT2D eigenvalue weighted by molar-refractivity contribution is 0.350. The quantitative estimate of drug-likeness (QED) is 0.941. The Morgan fingerprint density at radius 1 is 1.25 bits per heavy atom. The summed E-state index contributed by atoms with van der Waals surface area (Å²) in [6.07, 6.45) is 3.41. The van der Waals surface area contributed by atoms with E-state index in [1.54, 1.807) is 12.1 Å². The Morgan fingerprint density at radius 2 is 2.00 bits per heavy atom. The third-order valence-corrected chi connectivity index (χ3v) is 4.41. The second-order valence-electron chi connectivity index (χ2n) is 5.20. The lowest BCUT2D eigenvalue weighted by Crippen LogP contribution is -2.14. The van der Waals surface area contributed by atoms with E-state index >= 15 is 0 Å². The van der Waals surface area contributed by atoms with Crippen molar-refractivity contribution in [1.29, 1.82) is 0 Å². The van der Waals surface area contributed by atoms with Crippen LogP contribution in [0.1, 0.15) is 42.5 Å². The molecule has 2 atom stereocenters. The number of nitrogens with two attached hydrogens (primary N) is 1. The summed E-state index contributed by atoms with van der Waals surface area (Å²) in [5, 5.41) is 5.25. The lowest BCUT2D eigenvalue weighted by atomic mass is 10.1. The molecule has 1 heterocycles. The summed E-state index contributed by atoms with van der Waals surface area (Å²) in [6, 6.07) is 5.67. The predicted molar refractivity (Wildman–Crippen MR) is 78.1 cm³/mol. The third kappa shape index (κ3) is 2.82. The molecular weight excluding hydrogens is 297 g/mol. The van der Waals surface area contributed by atoms with Crippen molar-refractivity contribution in [2.75, 3.05) is 0 Å². The van der Waals surface area contributed by atoms with Crippen LogP contribution in [-0.2, 0) is 6.42 Å². The van der Waals surface area contributed by atoms with Crippen LogP contribution in [0.3, 0.4) is 0 Å². The van der Waals surface area contributed by atoms with E-state index in [9.17, 15) is 0 Å². The highest BCUT2D eigenvalue weighted by atomic mass is 35.5. The van der Waals surface area contributed by atoms with Gasteiger partial charge in [0.2, 0.25) is 5.89 Å². The van der Waals surface area contributed by atoms with Crippen molar-refractivity contribution in [1.82, 2.24) is 10.1 Å². The molecule has 1 aromatic carbocycles. The Labute approximate surface area is 127 Å². The van der Waals surface area contributed by atoms with Crippen LogP contribution in [0.5, 0.6) is 0 Å². The zero-order valence-electron chi connectivity index (χ0n) is 10.9. The molecule has 2 aromatic rings. The van der Waals surface area contributed by atoms with Crippen LogP contribution >= 0.6 is 23.2 Å². The summed E-state index contributed by atoms with van der Waals surface area (Å²) in [5.74, 6) is 1.57. The molecule has 4 nitrogen and oxygen atoms in total. The van der Waals surface area contributed by atoms with E-state index in [0.29, 0.717) is 28.2 Å². The number of halogens is 2. The SMILES string of the molecule is N[C@H]1CC[C@@H](c2nc(Cc3c(Cl)cccc3Cl)no2)C1. The minimum atomic E-state index is 0.244. The normalized spacial score (nSPS) is 22.4. The van der Waals surface area contributed by atoms with Crippen molar-refractivity contribution in [2.45, 2.75) is 37.6 Å². The van der Waals surface area contributed by atoms with Gasteiger partial charge in [-0.25, -0.2) is 0 Å². The molecular formula is C14H15Cl2N3O. The van der Waals surface area contributed by atoms with Gasteiger partial charge in [0.15, 0.2) is 5.82 Å². The van der Waals surface area contributed by atoms with E-state index < -0.39 is 0 Å². The maximum absolute atomic E-state index is 6.15. The van der Waals surface area contributed by atoms with E-state index in [0.717, 1.165) is 24.8 Å². The van der Waals surface area contributed by atoms with E-state index in [1.807, 2.05) is 6.07 Å². The molecule has 106 valence electrons. The summed E-state index contributed by atoms with van der Waals surface area (Å²) in [7, 11) is 0. The summed E-state index contributed by atoms with van der Waals surface area (Å²) in [5.41, 5.74) is 6.73. The molecule has 1 aliphatic rings. The first-order chi connectivity index (χ1) is 9.63. The monoisotopic (exact) mass is 311 g/mol. The number of hydrogen-bond donors (Lipinski definition) is 1. The average Bonchev–Trinajstić information content (AvgIpc) is 3.03. The van der Waals surface area contributed by atoms with Gasteiger partial charge in [-0.3, -0.25) is 0 Å². The largest absolute Gasteiger partial charge is 0.339 e. The maximum atomic E-state index is 6.15. The fourth-order valence-electron chi connectivity index (χ4n) is 2.61. The first-order valence-electron chi connectivity index (χ1n) is 6.64. The molecule has 1 aliphatic carbocycles. The first kappa shape index (κ1) is 13.9.